The lowest BCUT2D eigenvalue weighted by Gasteiger charge is -2.33. The number of oxazole rings is 1. The van der Waals surface area contributed by atoms with Crippen molar-refractivity contribution in [2.75, 3.05) is 6.54 Å². The van der Waals surface area contributed by atoms with Gasteiger partial charge in [-0.05, 0) is 18.1 Å². The molecule has 2 aromatic rings. The van der Waals surface area contributed by atoms with Gasteiger partial charge in [-0.3, -0.25) is 9.36 Å². The molecule has 0 aliphatic carbocycles. The molecule has 0 bridgehead atoms. The van der Waals surface area contributed by atoms with E-state index in [1.54, 1.807) is 24.3 Å². The van der Waals surface area contributed by atoms with Crippen molar-refractivity contribution in [1.82, 2.24) is 9.88 Å². The van der Waals surface area contributed by atoms with Gasteiger partial charge in [-0.1, -0.05) is 39.8 Å². The van der Waals surface area contributed by atoms with Crippen LogP contribution in [0.1, 0.15) is 27.7 Å². The summed E-state index contributed by atoms with van der Waals surface area (Å²) in [6.45, 7) is 7.89. The highest BCUT2D eigenvalue weighted by atomic mass is 16.4. The third kappa shape index (κ3) is 3.82. The molecular formula is C17H24N2O4. The number of nitrogens with zero attached hydrogens (tertiary/aromatic N) is 1. The number of para-hydroxylation sites is 2. The van der Waals surface area contributed by atoms with E-state index in [4.69, 9.17) is 4.42 Å². The Morgan fingerprint density at radius 3 is 2.65 bits per heavy atom. The van der Waals surface area contributed by atoms with E-state index in [1.807, 2.05) is 27.7 Å². The van der Waals surface area contributed by atoms with Gasteiger partial charge in [0.1, 0.15) is 6.54 Å². The number of aliphatic hydroxyl groups excluding tert-OH is 1. The topological polar surface area (TPSA) is 84.5 Å². The van der Waals surface area contributed by atoms with Crippen LogP contribution in [0.25, 0.3) is 11.1 Å². The molecule has 6 heteroatoms. The highest BCUT2D eigenvalue weighted by Gasteiger charge is 2.30. The van der Waals surface area contributed by atoms with Crippen LogP contribution in [-0.2, 0) is 11.3 Å². The van der Waals surface area contributed by atoms with Crippen LogP contribution in [0.2, 0.25) is 0 Å². The van der Waals surface area contributed by atoms with Gasteiger partial charge in [0.15, 0.2) is 5.58 Å². The van der Waals surface area contributed by atoms with Gasteiger partial charge >= 0.3 is 5.76 Å². The van der Waals surface area contributed by atoms with E-state index < -0.39 is 17.3 Å². The second kappa shape index (κ2) is 6.58. The standard InChI is InChI=1S/C17H24N2O4/c1-11(2)15(21)17(3,4)10-18-14(20)9-19-12-7-5-6-8-13(12)23-16(19)22/h5-8,11,15,21H,9-10H2,1-4H3,(H,18,20). The number of nitrogens with one attached hydrogen (secondary N) is 1. The Balaban J connectivity index is 2.05. The number of fused-ring (bicyclic) bond motifs is 1. The normalized spacial score (nSPS) is 13.5. The van der Waals surface area contributed by atoms with Crippen molar-refractivity contribution in [3.05, 3.63) is 34.8 Å². The van der Waals surface area contributed by atoms with Crippen molar-refractivity contribution < 1.29 is 14.3 Å². The molecule has 1 atom stereocenters. The Morgan fingerprint density at radius 2 is 2.00 bits per heavy atom. The molecule has 0 radical (unpaired) electrons. The average Bonchev–Trinajstić information content (AvgIpc) is 2.80. The molecule has 1 amide bonds. The largest absolute Gasteiger partial charge is 0.420 e. The summed E-state index contributed by atoms with van der Waals surface area (Å²) in [4.78, 5) is 24.0. The zero-order valence-electron chi connectivity index (χ0n) is 14.0. The number of carbonyl (C=O) groups excluding carboxylic acids is 1. The van der Waals surface area contributed by atoms with Crippen LogP contribution < -0.4 is 11.1 Å². The molecule has 1 aromatic heterocycles. The van der Waals surface area contributed by atoms with Crippen LogP contribution in [0.3, 0.4) is 0 Å². The molecule has 23 heavy (non-hydrogen) atoms. The summed E-state index contributed by atoms with van der Waals surface area (Å²) in [5.74, 6) is -0.743. The predicted octanol–water partition coefficient (Wildman–Crippen LogP) is 1.75. The molecule has 126 valence electrons. The first-order chi connectivity index (χ1) is 10.7. The summed E-state index contributed by atoms with van der Waals surface area (Å²) >= 11 is 0. The van der Waals surface area contributed by atoms with Gasteiger partial charge in [0.2, 0.25) is 5.91 Å². The highest BCUT2D eigenvalue weighted by Crippen LogP contribution is 2.25. The molecule has 2 N–H and O–H groups in total. The van der Waals surface area contributed by atoms with Crippen LogP contribution in [0.5, 0.6) is 0 Å². The first-order valence-electron chi connectivity index (χ1n) is 7.75. The summed E-state index contributed by atoms with van der Waals surface area (Å²) in [6, 6.07) is 6.98. The van der Waals surface area contributed by atoms with E-state index in [-0.39, 0.29) is 18.4 Å². The number of hydrogen-bond donors (Lipinski definition) is 2. The lowest BCUT2D eigenvalue weighted by Crippen LogP contribution is -2.44. The molecule has 1 heterocycles. The van der Waals surface area contributed by atoms with Crippen LogP contribution >= 0.6 is 0 Å². The van der Waals surface area contributed by atoms with Crippen LogP contribution in [0, 0.1) is 11.3 Å². The number of rotatable bonds is 6. The number of aliphatic hydroxyl groups is 1. The van der Waals surface area contributed by atoms with Crippen molar-refractivity contribution in [2.24, 2.45) is 11.3 Å². The third-order valence-corrected chi connectivity index (χ3v) is 4.05. The lowest BCUT2D eigenvalue weighted by atomic mass is 9.81. The van der Waals surface area contributed by atoms with Crippen molar-refractivity contribution >= 4 is 17.0 Å². The fourth-order valence-corrected chi connectivity index (χ4v) is 2.70. The molecule has 2 rings (SSSR count). The fourth-order valence-electron chi connectivity index (χ4n) is 2.70. The van der Waals surface area contributed by atoms with Crippen LogP contribution in [0.15, 0.2) is 33.5 Å². The van der Waals surface area contributed by atoms with Gasteiger partial charge in [0.05, 0.1) is 11.6 Å². The van der Waals surface area contributed by atoms with Crippen molar-refractivity contribution in [2.45, 2.75) is 40.3 Å². The van der Waals surface area contributed by atoms with Gasteiger partial charge in [-0.15, -0.1) is 0 Å². The molecule has 0 spiro atoms. The molecule has 6 nitrogen and oxygen atoms in total. The molecule has 0 aliphatic rings. The summed E-state index contributed by atoms with van der Waals surface area (Å²) in [6.07, 6.45) is -0.528. The minimum Gasteiger partial charge on any atom is -0.408 e. The minimum atomic E-state index is -0.553. The smallest absolute Gasteiger partial charge is 0.408 e. The predicted molar refractivity (Wildman–Crippen MR) is 88.1 cm³/mol. The van der Waals surface area contributed by atoms with E-state index in [0.29, 0.717) is 17.6 Å². The van der Waals surface area contributed by atoms with Crippen LogP contribution in [-0.4, -0.2) is 28.2 Å². The van der Waals surface area contributed by atoms with E-state index in [9.17, 15) is 14.7 Å². The molecule has 1 aromatic carbocycles. The van der Waals surface area contributed by atoms with E-state index in [1.165, 1.54) is 4.57 Å². The first kappa shape index (κ1) is 17.3. The summed E-state index contributed by atoms with van der Waals surface area (Å²) in [7, 11) is 0. The van der Waals surface area contributed by atoms with E-state index in [2.05, 4.69) is 5.32 Å². The van der Waals surface area contributed by atoms with Crippen LogP contribution in [0.4, 0.5) is 0 Å². The molecule has 0 saturated carbocycles. The SMILES string of the molecule is CC(C)C(O)C(C)(C)CNC(=O)Cn1c(=O)oc2ccccc21. The van der Waals surface area contributed by atoms with Crippen molar-refractivity contribution in [1.29, 1.82) is 0 Å². The van der Waals surface area contributed by atoms with Crippen molar-refractivity contribution in [3.8, 4) is 0 Å². The number of benzene rings is 1. The molecule has 0 saturated heterocycles. The summed E-state index contributed by atoms with van der Waals surface area (Å²) in [5.41, 5.74) is 0.600. The Kier molecular flexibility index (Phi) is 4.94. The maximum absolute atomic E-state index is 12.2. The zero-order chi connectivity index (χ0) is 17.2. The Bertz CT molecular complexity index is 742. The summed E-state index contributed by atoms with van der Waals surface area (Å²) < 4.78 is 6.40. The highest BCUT2D eigenvalue weighted by molar-refractivity contribution is 5.79. The van der Waals surface area contributed by atoms with Gasteiger partial charge in [-0.25, -0.2) is 4.79 Å². The quantitative estimate of drug-likeness (QED) is 0.849. The van der Waals surface area contributed by atoms with Gasteiger partial charge in [0.25, 0.3) is 0 Å². The minimum absolute atomic E-state index is 0.0994. The Hall–Kier alpha value is -2.08. The number of hydrogen-bond acceptors (Lipinski definition) is 4. The van der Waals surface area contributed by atoms with E-state index in [0.717, 1.165) is 0 Å². The number of aromatic nitrogens is 1. The second-order valence-corrected chi connectivity index (χ2v) is 6.88. The fraction of sp³-hybridized carbons (Fsp3) is 0.529. The molecular weight excluding hydrogens is 296 g/mol. The maximum atomic E-state index is 12.2. The zero-order valence-corrected chi connectivity index (χ0v) is 14.0. The third-order valence-electron chi connectivity index (χ3n) is 4.05. The molecule has 0 fully saturated rings. The lowest BCUT2D eigenvalue weighted by molar-refractivity contribution is -0.122. The second-order valence-electron chi connectivity index (χ2n) is 6.88. The Labute approximate surface area is 135 Å². The van der Waals surface area contributed by atoms with E-state index >= 15 is 0 Å². The number of carbonyl (C=O) groups is 1. The summed E-state index contributed by atoms with van der Waals surface area (Å²) in [5, 5.41) is 13.0. The van der Waals surface area contributed by atoms with Gasteiger partial charge in [-0.2, -0.15) is 0 Å². The first-order valence-corrected chi connectivity index (χ1v) is 7.75. The Morgan fingerprint density at radius 1 is 1.35 bits per heavy atom. The molecule has 0 aliphatic heterocycles. The van der Waals surface area contributed by atoms with Crippen molar-refractivity contribution in [3.63, 3.8) is 0 Å². The van der Waals surface area contributed by atoms with Gasteiger partial charge < -0.3 is 14.8 Å². The average molecular weight is 320 g/mol. The van der Waals surface area contributed by atoms with Gasteiger partial charge in [0, 0.05) is 12.0 Å². The number of amides is 1. The maximum Gasteiger partial charge on any atom is 0.420 e. The monoisotopic (exact) mass is 320 g/mol. The molecule has 1 unspecified atom stereocenters.